The second kappa shape index (κ2) is 4.97. The fourth-order valence-electron chi connectivity index (χ4n) is 2.65. The highest BCUT2D eigenvalue weighted by molar-refractivity contribution is 5.01. The summed E-state index contributed by atoms with van der Waals surface area (Å²) in [6.07, 6.45) is 3.04. The molecular weight excluding hydrogens is 200 g/mol. The van der Waals surface area contributed by atoms with E-state index in [0.29, 0.717) is 12.0 Å². The van der Waals surface area contributed by atoms with E-state index in [0.717, 1.165) is 32.6 Å². The van der Waals surface area contributed by atoms with Gasteiger partial charge in [0.05, 0.1) is 5.69 Å². The van der Waals surface area contributed by atoms with Crippen LogP contribution in [0.15, 0.2) is 12.3 Å². The molecule has 0 aliphatic carbocycles. The zero-order valence-corrected chi connectivity index (χ0v) is 10.3. The van der Waals surface area contributed by atoms with Crippen LogP contribution in [0, 0.1) is 5.92 Å². The highest BCUT2D eigenvalue weighted by Crippen LogP contribution is 2.17. The molecule has 0 spiro atoms. The van der Waals surface area contributed by atoms with Crippen LogP contribution in [0.3, 0.4) is 0 Å². The van der Waals surface area contributed by atoms with Crippen molar-refractivity contribution in [2.24, 2.45) is 11.7 Å². The molecular formula is C12H22N4. The number of nitrogens with zero attached hydrogens (tertiary/aromatic N) is 3. The predicted molar refractivity (Wildman–Crippen MR) is 64.9 cm³/mol. The van der Waals surface area contributed by atoms with Crippen molar-refractivity contribution in [3.63, 3.8) is 0 Å². The number of likely N-dealkylation sites (tertiary alicyclic amines) is 1. The van der Waals surface area contributed by atoms with Gasteiger partial charge in [0.2, 0.25) is 0 Å². The summed E-state index contributed by atoms with van der Waals surface area (Å²) in [5.41, 5.74) is 7.35. The van der Waals surface area contributed by atoms with Gasteiger partial charge in [0.15, 0.2) is 0 Å². The summed E-state index contributed by atoms with van der Waals surface area (Å²) in [4.78, 5) is 2.45. The van der Waals surface area contributed by atoms with Crippen molar-refractivity contribution >= 4 is 0 Å². The lowest BCUT2D eigenvalue weighted by Crippen LogP contribution is -2.46. The Bertz CT molecular complexity index is 324. The molecule has 1 aliphatic heterocycles. The summed E-state index contributed by atoms with van der Waals surface area (Å²) in [5.74, 6) is 0.710. The summed E-state index contributed by atoms with van der Waals surface area (Å²) < 4.78 is 2.06. The van der Waals surface area contributed by atoms with E-state index in [4.69, 9.17) is 5.73 Å². The van der Waals surface area contributed by atoms with E-state index in [1.54, 1.807) is 0 Å². The third-order valence-corrected chi connectivity index (χ3v) is 3.26. The molecule has 0 saturated carbocycles. The first-order chi connectivity index (χ1) is 7.69. The van der Waals surface area contributed by atoms with Gasteiger partial charge in [-0.15, -0.1) is 0 Å². The molecule has 2 atom stereocenters. The van der Waals surface area contributed by atoms with E-state index in [9.17, 15) is 0 Å². The number of hydrogen-bond donors (Lipinski definition) is 1. The standard InChI is InChI=1S/C12H22N4/c1-3-16-12(4-5-14-16)9-15-7-10(2)6-11(13)8-15/h4-5,10-11H,3,6-9,13H2,1-2H3. The Morgan fingerprint density at radius 2 is 2.31 bits per heavy atom. The summed E-state index contributed by atoms with van der Waals surface area (Å²) in [6.45, 7) is 8.50. The molecule has 1 aromatic rings. The molecule has 1 fully saturated rings. The normalized spacial score (nSPS) is 27.2. The van der Waals surface area contributed by atoms with E-state index in [2.05, 4.69) is 34.6 Å². The highest BCUT2D eigenvalue weighted by Gasteiger charge is 2.22. The predicted octanol–water partition coefficient (Wildman–Crippen LogP) is 1.07. The Labute approximate surface area is 97.4 Å². The number of rotatable bonds is 3. The number of nitrogens with two attached hydrogens (primary N) is 1. The van der Waals surface area contributed by atoms with Crippen molar-refractivity contribution < 1.29 is 0 Å². The van der Waals surface area contributed by atoms with Crippen LogP contribution >= 0.6 is 0 Å². The van der Waals surface area contributed by atoms with Crippen LogP contribution < -0.4 is 5.73 Å². The monoisotopic (exact) mass is 222 g/mol. The molecule has 0 radical (unpaired) electrons. The van der Waals surface area contributed by atoms with Gasteiger partial charge in [0, 0.05) is 38.4 Å². The molecule has 4 heteroatoms. The lowest BCUT2D eigenvalue weighted by Gasteiger charge is -2.34. The first kappa shape index (κ1) is 11.6. The first-order valence-corrected chi connectivity index (χ1v) is 6.17. The van der Waals surface area contributed by atoms with Crippen LogP contribution in [0.2, 0.25) is 0 Å². The van der Waals surface area contributed by atoms with Crippen LogP contribution in [-0.2, 0) is 13.1 Å². The summed E-state index contributed by atoms with van der Waals surface area (Å²) in [6, 6.07) is 2.44. The second-order valence-electron chi connectivity index (χ2n) is 4.93. The lowest BCUT2D eigenvalue weighted by molar-refractivity contribution is 0.154. The van der Waals surface area contributed by atoms with Crippen molar-refractivity contribution in [3.8, 4) is 0 Å². The number of piperidine rings is 1. The van der Waals surface area contributed by atoms with E-state index in [1.165, 1.54) is 5.69 Å². The lowest BCUT2D eigenvalue weighted by atomic mass is 9.96. The fourth-order valence-corrected chi connectivity index (χ4v) is 2.65. The highest BCUT2D eigenvalue weighted by atomic mass is 15.3. The molecule has 1 saturated heterocycles. The Hall–Kier alpha value is -0.870. The van der Waals surface area contributed by atoms with Crippen LogP contribution in [0.25, 0.3) is 0 Å². The van der Waals surface area contributed by atoms with Gasteiger partial charge in [-0.05, 0) is 25.3 Å². The van der Waals surface area contributed by atoms with Crippen molar-refractivity contribution in [2.75, 3.05) is 13.1 Å². The first-order valence-electron chi connectivity index (χ1n) is 6.17. The molecule has 1 aromatic heterocycles. The fraction of sp³-hybridized carbons (Fsp3) is 0.750. The molecule has 16 heavy (non-hydrogen) atoms. The van der Waals surface area contributed by atoms with Crippen LogP contribution in [0.5, 0.6) is 0 Å². The van der Waals surface area contributed by atoms with E-state index in [1.807, 2.05) is 6.20 Å². The average Bonchev–Trinajstić information content (AvgIpc) is 2.63. The summed E-state index contributed by atoms with van der Waals surface area (Å²) >= 11 is 0. The quantitative estimate of drug-likeness (QED) is 0.832. The molecule has 0 bridgehead atoms. The molecule has 2 heterocycles. The van der Waals surface area contributed by atoms with Gasteiger partial charge in [0.1, 0.15) is 0 Å². The van der Waals surface area contributed by atoms with Crippen molar-refractivity contribution in [2.45, 2.75) is 39.4 Å². The minimum absolute atomic E-state index is 0.335. The Morgan fingerprint density at radius 1 is 1.50 bits per heavy atom. The minimum Gasteiger partial charge on any atom is -0.327 e. The number of hydrogen-bond acceptors (Lipinski definition) is 3. The van der Waals surface area contributed by atoms with Gasteiger partial charge in [0.25, 0.3) is 0 Å². The molecule has 2 N–H and O–H groups in total. The van der Waals surface area contributed by atoms with Gasteiger partial charge in [-0.25, -0.2) is 0 Å². The topological polar surface area (TPSA) is 47.1 Å². The summed E-state index contributed by atoms with van der Waals surface area (Å²) in [5, 5.41) is 4.30. The van der Waals surface area contributed by atoms with Gasteiger partial charge in [-0.2, -0.15) is 5.10 Å². The van der Waals surface area contributed by atoms with Gasteiger partial charge >= 0.3 is 0 Å². The Morgan fingerprint density at radius 3 is 3.00 bits per heavy atom. The van der Waals surface area contributed by atoms with Gasteiger partial charge < -0.3 is 5.73 Å². The number of aryl methyl sites for hydroxylation is 1. The van der Waals surface area contributed by atoms with Gasteiger partial charge in [-0.3, -0.25) is 9.58 Å². The average molecular weight is 222 g/mol. The largest absolute Gasteiger partial charge is 0.327 e. The third kappa shape index (κ3) is 2.62. The second-order valence-corrected chi connectivity index (χ2v) is 4.93. The zero-order valence-electron chi connectivity index (χ0n) is 10.3. The van der Waals surface area contributed by atoms with Crippen LogP contribution in [0.1, 0.15) is 26.0 Å². The van der Waals surface area contributed by atoms with E-state index in [-0.39, 0.29) is 0 Å². The summed E-state index contributed by atoms with van der Waals surface area (Å²) in [7, 11) is 0. The molecule has 2 unspecified atom stereocenters. The van der Waals surface area contributed by atoms with E-state index >= 15 is 0 Å². The van der Waals surface area contributed by atoms with Crippen molar-refractivity contribution in [3.05, 3.63) is 18.0 Å². The number of aromatic nitrogens is 2. The van der Waals surface area contributed by atoms with Crippen molar-refractivity contribution in [1.82, 2.24) is 14.7 Å². The van der Waals surface area contributed by atoms with Crippen LogP contribution in [-0.4, -0.2) is 33.8 Å². The maximum absolute atomic E-state index is 6.05. The Kier molecular flexibility index (Phi) is 3.61. The van der Waals surface area contributed by atoms with E-state index < -0.39 is 0 Å². The zero-order chi connectivity index (χ0) is 11.5. The molecule has 0 amide bonds. The maximum atomic E-state index is 6.05. The molecule has 90 valence electrons. The molecule has 0 aromatic carbocycles. The molecule has 1 aliphatic rings. The van der Waals surface area contributed by atoms with Crippen LogP contribution in [0.4, 0.5) is 0 Å². The molecule has 2 rings (SSSR count). The SMILES string of the molecule is CCn1nccc1CN1CC(C)CC(N)C1. The van der Waals surface area contributed by atoms with Gasteiger partial charge in [-0.1, -0.05) is 6.92 Å². The minimum atomic E-state index is 0.335. The molecule has 4 nitrogen and oxygen atoms in total. The van der Waals surface area contributed by atoms with Crippen molar-refractivity contribution in [1.29, 1.82) is 0 Å². The Balaban J connectivity index is 1.98. The maximum Gasteiger partial charge on any atom is 0.0524 e. The third-order valence-electron chi connectivity index (χ3n) is 3.26. The smallest absolute Gasteiger partial charge is 0.0524 e.